The van der Waals surface area contributed by atoms with E-state index < -0.39 is 18.6 Å². The van der Waals surface area contributed by atoms with E-state index in [1.807, 2.05) is 13.8 Å². The van der Waals surface area contributed by atoms with Crippen LogP contribution in [0.1, 0.15) is 39.1 Å². The van der Waals surface area contributed by atoms with Crippen molar-refractivity contribution in [2.75, 3.05) is 0 Å². The highest BCUT2D eigenvalue weighted by molar-refractivity contribution is 4.86. The third kappa shape index (κ3) is 4.72. The lowest BCUT2D eigenvalue weighted by Crippen LogP contribution is -2.31. The first kappa shape index (κ1) is 14.0. The number of alkyl halides is 3. The number of nitrogens with zero attached hydrogens (tertiary/aromatic N) is 3. The second-order valence-electron chi connectivity index (χ2n) is 4.32. The summed E-state index contributed by atoms with van der Waals surface area (Å²) >= 11 is 0. The third-order valence-corrected chi connectivity index (χ3v) is 2.28. The molecular weight excluding hydrogens is 233 g/mol. The maximum atomic E-state index is 12.1. The number of nitrogens with one attached hydrogen (secondary N) is 1. The molecule has 7 heteroatoms. The molecule has 0 aliphatic rings. The van der Waals surface area contributed by atoms with Gasteiger partial charge in [0, 0.05) is 12.1 Å². The fourth-order valence-corrected chi connectivity index (χ4v) is 1.52. The van der Waals surface area contributed by atoms with Gasteiger partial charge in [-0.25, -0.2) is 9.67 Å². The van der Waals surface area contributed by atoms with Crippen LogP contribution in [0.4, 0.5) is 13.2 Å². The minimum atomic E-state index is -4.14. The summed E-state index contributed by atoms with van der Waals surface area (Å²) in [6.07, 6.45) is -3.58. The summed E-state index contributed by atoms with van der Waals surface area (Å²) in [6.45, 7) is 5.67. The van der Waals surface area contributed by atoms with Gasteiger partial charge in [0.15, 0.2) is 0 Å². The van der Waals surface area contributed by atoms with E-state index in [0.29, 0.717) is 5.82 Å². The predicted molar refractivity (Wildman–Crippen MR) is 57.4 cm³/mol. The zero-order chi connectivity index (χ0) is 13.1. The van der Waals surface area contributed by atoms with Gasteiger partial charge in [-0.3, -0.25) is 0 Å². The molecule has 1 rings (SSSR count). The van der Waals surface area contributed by atoms with Crippen LogP contribution < -0.4 is 5.32 Å². The Hall–Kier alpha value is -1.11. The average Bonchev–Trinajstić information content (AvgIpc) is 2.59. The van der Waals surface area contributed by atoms with Crippen LogP contribution in [-0.2, 0) is 6.54 Å². The maximum absolute atomic E-state index is 12.1. The van der Waals surface area contributed by atoms with Gasteiger partial charge >= 0.3 is 6.18 Å². The third-order valence-electron chi connectivity index (χ3n) is 2.28. The largest absolute Gasteiger partial charge is 0.390 e. The summed E-state index contributed by atoms with van der Waals surface area (Å²) in [5, 5.41) is 6.81. The summed E-state index contributed by atoms with van der Waals surface area (Å²) < 4.78 is 38.0. The first-order valence-corrected chi connectivity index (χ1v) is 5.48. The highest BCUT2D eigenvalue weighted by Gasteiger charge is 2.29. The van der Waals surface area contributed by atoms with Crippen LogP contribution in [0.3, 0.4) is 0 Å². The molecule has 17 heavy (non-hydrogen) atoms. The Bertz CT molecular complexity index is 346. The SMILES string of the molecule is CC(CC(F)(F)F)NCc1ncnn1C(C)C. The van der Waals surface area contributed by atoms with E-state index in [1.165, 1.54) is 13.3 Å². The summed E-state index contributed by atoms with van der Waals surface area (Å²) in [7, 11) is 0. The molecule has 0 aliphatic carbocycles. The molecule has 0 saturated carbocycles. The van der Waals surface area contributed by atoms with Gasteiger partial charge < -0.3 is 5.32 Å². The Kier molecular flexibility index (Phi) is 4.50. The monoisotopic (exact) mass is 250 g/mol. The van der Waals surface area contributed by atoms with E-state index >= 15 is 0 Å². The quantitative estimate of drug-likeness (QED) is 0.871. The summed E-state index contributed by atoms with van der Waals surface area (Å²) in [5.41, 5.74) is 0. The second kappa shape index (κ2) is 5.48. The van der Waals surface area contributed by atoms with Gasteiger partial charge in [-0.05, 0) is 20.8 Å². The van der Waals surface area contributed by atoms with Crippen LogP contribution >= 0.6 is 0 Å². The summed E-state index contributed by atoms with van der Waals surface area (Å²) in [6, 6.07) is -0.487. The van der Waals surface area contributed by atoms with Crippen LogP contribution in [-0.4, -0.2) is 27.0 Å². The van der Waals surface area contributed by atoms with E-state index in [2.05, 4.69) is 15.4 Å². The van der Waals surface area contributed by atoms with E-state index in [9.17, 15) is 13.2 Å². The van der Waals surface area contributed by atoms with Gasteiger partial charge in [0.25, 0.3) is 0 Å². The Morgan fingerprint density at radius 1 is 1.35 bits per heavy atom. The van der Waals surface area contributed by atoms with Crippen molar-refractivity contribution in [3.8, 4) is 0 Å². The van der Waals surface area contributed by atoms with Crippen LogP contribution in [0.5, 0.6) is 0 Å². The molecule has 1 unspecified atom stereocenters. The topological polar surface area (TPSA) is 42.7 Å². The standard InChI is InChI=1S/C10H17F3N4/c1-7(2)17-9(15-6-16-17)5-14-8(3)4-10(11,12)13/h6-8,14H,4-5H2,1-3H3. The fraction of sp³-hybridized carbons (Fsp3) is 0.800. The number of hydrogen-bond acceptors (Lipinski definition) is 3. The van der Waals surface area contributed by atoms with Crippen LogP contribution in [0.2, 0.25) is 0 Å². The molecule has 0 fully saturated rings. The van der Waals surface area contributed by atoms with Crippen molar-refractivity contribution < 1.29 is 13.2 Å². The van der Waals surface area contributed by atoms with E-state index in [4.69, 9.17) is 0 Å². The fourth-order valence-electron chi connectivity index (χ4n) is 1.52. The van der Waals surface area contributed by atoms with Crippen molar-refractivity contribution in [3.05, 3.63) is 12.2 Å². The average molecular weight is 250 g/mol. The number of rotatable bonds is 5. The minimum Gasteiger partial charge on any atom is -0.307 e. The number of hydrogen-bond donors (Lipinski definition) is 1. The molecule has 1 N–H and O–H groups in total. The highest BCUT2D eigenvalue weighted by atomic mass is 19.4. The van der Waals surface area contributed by atoms with E-state index in [1.54, 1.807) is 4.68 Å². The molecule has 0 saturated heterocycles. The van der Waals surface area contributed by atoms with Crippen LogP contribution in [0.15, 0.2) is 6.33 Å². The highest BCUT2D eigenvalue weighted by Crippen LogP contribution is 2.21. The van der Waals surface area contributed by atoms with Gasteiger partial charge in [-0.15, -0.1) is 0 Å². The molecule has 0 amide bonds. The van der Waals surface area contributed by atoms with Crippen LogP contribution in [0.25, 0.3) is 0 Å². The zero-order valence-corrected chi connectivity index (χ0v) is 10.1. The van der Waals surface area contributed by atoms with Crippen molar-refractivity contribution in [1.29, 1.82) is 0 Å². The molecule has 0 aliphatic heterocycles. The Labute approximate surface area is 98.2 Å². The Morgan fingerprint density at radius 3 is 2.53 bits per heavy atom. The van der Waals surface area contributed by atoms with Crippen molar-refractivity contribution in [2.24, 2.45) is 0 Å². The first-order valence-electron chi connectivity index (χ1n) is 5.48. The lowest BCUT2D eigenvalue weighted by molar-refractivity contribution is -0.139. The van der Waals surface area contributed by atoms with E-state index in [-0.39, 0.29) is 12.6 Å². The summed E-state index contributed by atoms with van der Waals surface area (Å²) in [5.74, 6) is 0.647. The maximum Gasteiger partial charge on any atom is 0.390 e. The molecule has 0 spiro atoms. The molecule has 98 valence electrons. The van der Waals surface area contributed by atoms with Gasteiger partial charge in [0.1, 0.15) is 12.2 Å². The predicted octanol–water partition coefficient (Wildman–Crippen LogP) is 2.29. The molecule has 1 aromatic heterocycles. The zero-order valence-electron chi connectivity index (χ0n) is 10.1. The van der Waals surface area contributed by atoms with Crippen molar-refractivity contribution in [2.45, 2.75) is 52.0 Å². The first-order chi connectivity index (χ1) is 7.79. The molecule has 0 aromatic carbocycles. The van der Waals surface area contributed by atoms with Gasteiger partial charge in [-0.1, -0.05) is 0 Å². The minimum absolute atomic E-state index is 0.146. The molecule has 0 bridgehead atoms. The summed E-state index contributed by atoms with van der Waals surface area (Å²) in [4.78, 5) is 4.01. The van der Waals surface area contributed by atoms with Crippen molar-refractivity contribution >= 4 is 0 Å². The van der Waals surface area contributed by atoms with Gasteiger partial charge in [0.05, 0.1) is 13.0 Å². The van der Waals surface area contributed by atoms with Crippen molar-refractivity contribution in [1.82, 2.24) is 20.1 Å². The van der Waals surface area contributed by atoms with Crippen molar-refractivity contribution in [3.63, 3.8) is 0 Å². The van der Waals surface area contributed by atoms with E-state index in [0.717, 1.165) is 0 Å². The Morgan fingerprint density at radius 2 is 2.00 bits per heavy atom. The lowest BCUT2D eigenvalue weighted by Gasteiger charge is -2.16. The number of halogens is 3. The molecule has 1 atom stereocenters. The smallest absolute Gasteiger partial charge is 0.307 e. The normalized spacial score (nSPS) is 14.3. The Balaban J connectivity index is 2.47. The number of aromatic nitrogens is 3. The van der Waals surface area contributed by atoms with Gasteiger partial charge in [-0.2, -0.15) is 18.3 Å². The molecule has 0 radical (unpaired) electrons. The molecule has 1 aromatic rings. The molecular formula is C10H17F3N4. The molecule has 1 heterocycles. The van der Waals surface area contributed by atoms with Crippen LogP contribution in [0, 0.1) is 0 Å². The lowest BCUT2D eigenvalue weighted by atomic mass is 10.2. The van der Waals surface area contributed by atoms with Gasteiger partial charge in [0.2, 0.25) is 0 Å². The molecule has 4 nitrogen and oxygen atoms in total. The second-order valence-corrected chi connectivity index (χ2v) is 4.32.